The van der Waals surface area contributed by atoms with Gasteiger partial charge in [-0.3, -0.25) is 10.2 Å². The third-order valence-corrected chi connectivity index (χ3v) is 4.47. The van der Waals surface area contributed by atoms with Crippen molar-refractivity contribution in [1.29, 1.82) is 5.41 Å². The molecule has 0 bridgehead atoms. The molecule has 0 spiro atoms. The maximum Gasteiger partial charge on any atom is 0.226 e. The SMILES string of the molecule is CCOc1ccc(-c2nc(CCC(=O)N[C@H](C=O)CCCNC(=N)N)co2)cc1OCC. The molecule has 32 heavy (non-hydrogen) atoms. The highest BCUT2D eigenvalue weighted by Crippen LogP contribution is 2.32. The fraction of sp³-hybridized carbons (Fsp3) is 0.455. The van der Waals surface area contributed by atoms with Gasteiger partial charge in [0.2, 0.25) is 11.8 Å². The lowest BCUT2D eigenvalue weighted by Gasteiger charge is -2.12. The molecule has 1 aromatic carbocycles. The van der Waals surface area contributed by atoms with E-state index in [0.29, 0.717) is 68.4 Å². The number of nitrogens with one attached hydrogen (secondary N) is 3. The first-order valence-corrected chi connectivity index (χ1v) is 10.6. The fourth-order valence-electron chi connectivity index (χ4n) is 2.98. The summed E-state index contributed by atoms with van der Waals surface area (Å²) in [4.78, 5) is 27.8. The zero-order valence-corrected chi connectivity index (χ0v) is 18.5. The lowest BCUT2D eigenvalue weighted by atomic mass is 10.1. The number of aromatic nitrogens is 1. The monoisotopic (exact) mass is 445 g/mol. The van der Waals surface area contributed by atoms with E-state index < -0.39 is 6.04 Å². The molecule has 5 N–H and O–H groups in total. The van der Waals surface area contributed by atoms with Crippen molar-refractivity contribution >= 4 is 18.2 Å². The van der Waals surface area contributed by atoms with Crippen LogP contribution in [-0.4, -0.2) is 48.9 Å². The van der Waals surface area contributed by atoms with Gasteiger partial charge >= 0.3 is 0 Å². The van der Waals surface area contributed by atoms with Crippen LogP contribution in [0.2, 0.25) is 0 Å². The Bertz CT molecular complexity index is 899. The highest BCUT2D eigenvalue weighted by molar-refractivity contribution is 5.79. The first kappa shape index (κ1) is 24.7. The molecule has 0 aliphatic carbocycles. The molecular weight excluding hydrogens is 414 g/mol. The quantitative estimate of drug-likeness (QED) is 0.149. The van der Waals surface area contributed by atoms with Gasteiger partial charge in [0, 0.05) is 24.9 Å². The van der Waals surface area contributed by atoms with Crippen LogP contribution in [0.15, 0.2) is 28.9 Å². The zero-order valence-electron chi connectivity index (χ0n) is 18.5. The van der Waals surface area contributed by atoms with Gasteiger partial charge in [0.25, 0.3) is 0 Å². The van der Waals surface area contributed by atoms with Gasteiger partial charge < -0.3 is 35.1 Å². The van der Waals surface area contributed by atoms with E-state index in [1.165, 1.54) is 6.26 Å². The molecule has 0 saturated heterocycles. The van der Waals surface area contributed by atoms with Gasteiger partial charge in [0.05, 0.1) is 24.9 Å². The first-order valence-electron chi connectivity index (χ1n) is 10.6. The summed E-state index contributed by atoms with van der Waals surface area (Å²) < 4.78 is 16.8. The lowest BCUT2D eigenvalue weighted by molar-refractivity contribution is -0.124. The van der Waals surface area contributed by atoms with Gasteiger partial charge in [0.1, 0.15) is 12.5 Å². The molecule has 1 amide bonds. The Kier molecular flexibility index (Phi) is 10.0. The molecule has 1 aromatic heterocycles. The second kappa shape index (κ2) is 13.0. The predicted molar refractivity (Wildman–Crippen MR) is 120 cm³/mol. The second-order valence-corrected chi connectivity index (χ2v) is 6.96. The third kappa shape index (κ3) is 7.93. The normalized spacial score (nSPS) is 11.4. The number of rotatable bonds is 14. The molecule has 2 rings (SSSR count). The highest BCUT2D eigenvalue weighted by atomic mass is 16.5. The first-order chi connectivity index (χ1) is 15.5. The zero-order chi connectivity index (χ0) is 23.3. The number of carbonyl (C=O) groups is 2. The van der Waals surface area contributed by atoms with Crippen molar-refractivity contribution in [3.63, 3.8) is 0 Å². The van der Waals surface area contributed by atoms with Gasteiger partial charge in [-0.05, 0) is 44.9 Å². The average molecular weight is 446 g/mol. The minimum atomic E-state index is -0.579. The summed E-state index contributed by atoms with van der Waals surface area (Å²) in [7, 11) is 0. The summed E-state index contributed by atoms with van der Waals surface area (Å²) in [6.07, 6.45) is 3.84. The number of nitrogens with zero attached hydrogens (tertiary/aromatic N) is 1. The minimum Gasteiger partial charge on any atom is -0.490 e. The van der Waals surface area contributed by atoms with Crippen LogP contribution in [0, 0.1) is 5.41 Å². The number of amides is 1. The molecule has 0 aliphatic rings. The lowest BCUT2D eigenvalue weighted by Crippen LogP contribution is -2.37. The maximum atomic E-state index is 12.2. The number of aryl methyl sites for hydroxylation is 1. The molecule has 0 radical (unpaired) electrons. The van der Waals surface area contributed by atoms with Gasteiger partial charge in [-0.2, -0.15) is 0 Å². The van der Waals surface area contributed by atoms with Crippen molar-refractivity contribution in [2.45, 2.75) is 45.6 Å². The van der Waals surface area contributed by atoms with Crippen LogP contribution in [-0.2, 0) is 16.0 Å². The number of ether oxygens (including phenoxy) is 2. The van der Waals surface area contributed by atoms with Crippen LogP contribution in [0.4, 0.5) is 0 Å². The molecular formula is C22H31N5O5. The Hall–Kier alpha value is -3.56. The Balaban J connectivity index is 1.89. The fourth-order valence-corrected chi connectivity index (χ4v) is 2.98. The van der Waals surface area contributed by atoms with Gasteiger partial charge in [0.15, 0.2) is 17.5 Å². The minimum absolute atomic E-state index is 0.122. The molecule has 0 saturated carbocycles. The molecule has 2 aromatic rings. The highest BCUT2D eigenvalue weighted by Gasteiger charge is 2.14. The van der Waals surface area contributed by atoms with E-state index in [9.17, 15) is 9.59 Å². The van der Waals surface area contributed by atoms with Crippen LogP contribution < -0.4 is 25.8 Å². The largest absolute Gasteiger partial charge is 0.490 e. The van der Waals surface area contributed by atoms with E-state index in [-0.39, 0.29) is 18.3 Å². The number of hydrogen-bond acceptors (Lipinski definition) is 7. The van der Waals surface area contributed by atoms with Crippen molar-refractivity contribution < 1.29 is 23.5 Å². The van der Waals surface area contributed by atoms with Crippen LogP contribution >= 0.6 is 0 Å². The van der Waals surface area contributed by atoms with E-state index in [2.05, 4.69) is 15.6 Å². The molecule has 1 atom stereocenters. The number of hydrogen-bond donors (Lipinski definition) is 4. The average Bonchev–Trinajstić information content (AvgIpc) is 3.25. The number of carbonyl (C=O) groups excluding carboxylic acids is 2. The molecule has 10 nitrogen and oxygen atoms in total. The van der Waals surface area contributed by atoms with Gasteiger partial charge in [-0.25, -0.2) is 4.98 Å². The van der Waals surface area contributed by atoms with E-state index >= 15 is 0 Å². The predicted octanol–water partition coefficient (Wildman–Crippen LogP) is 2.02. The molecule has 0 aliphatic heterocycles. The smallest absolute Gasteiger partial charge is 0.226 e. The van der Waals surface area contributed by atoms with Crippen molar-refractivity contribution in [3.05, 3.63) is 30.2 Å². The molecule has 0 fully saturated rings. The summed E-state index contributed by atoms with van der Waals surface area (Å²) in [6, 6.07) is 4.88. The maximum absolute atomic E-state index is 12.2. The van der Waals surface area contributed by atoms with Crippen molar-refractivity contribution in [1.82, 2.24) is 15.6 Å². The summed E-state index contributed by atoms with van der Waals surface area (Å²) in [5.41, 5.74) is 6.58. The van der Waals surface area contributed by atoms with Crippen LogP contribution in [0.3, 0.4) is 0 Å². The topological polar surface area (TPSA) is 153 Å². The number of oxazole rings is 1. The van der Waals surface area contributed by atoms with E-state index in [4.69, 9.17) is 25.0 Å². The van der Waals surface area contributed by atoms with Crippen LogP contribution in [0.1, 0.15) is 38.8 Å². The van der Waals surface area contributed by atoms with E-state index in [1.807, 2.05) is 32.0 Å². The Morgan fingerprint density at radius 2 is 2.03 bits per heavy atom. The summed E-state index contributed by atoms with van der Waals surface area (Å²) in [5, 5.41) is 12.4. The van der Waals surface area contributed by atoms with E-state index in [0.717, 1.165) is 5.56 Å². The van der Waals surface area contributed by atoms with Gasteiger partial charge in [-0.1, -0.05) is 0 Å². The van der Waals surface area contributed by atoms with Gasteiger partial charge in [-0.15, -0.1) is 0 Å². The van der Waals surface area contributed by atoms with E-state index in [1.54, 1.807) is 0 Å². The number of benzene rings is 1. The summed E-state index contributed by atoms with van der Waals surface area (Å²) >= 11 is 0. The Morgan fingerprint density at radius 3 is 2.72 bits per heavy atom. The molecule has 174 valence electrons. The molecule has 10 heteroatoms. The summed E-state index contributed by atoms with van der Waals surface area (Å²) in [5.74, 6) is 1.33. The van der Waals surface area contributed by atoms with Crippen molar-refractivity contribution in [2.24, 2.45) is 5.73 Å². The van der Waals surface area contributed by atoms with Crippen LogP contribution in [0.25, 0.3) is 11.5 Å². The van der Waals surface area contributed by atoms with Crippen molar-refractivity contribution in [2.75, 3.05) is 19.8 Å². The Morgan fingerprint density at radius 1 is 1.28 bits per heavy atom. The molecule has 0 unspecified atom stereocenters. The second-order valence-electron chi connectivity index (χ2n) is 6.96. The van der Waals surface area contributed by atoms with Crippen molar-refractivity contribution in [3.8, 4) is 23.0 Å². The van der Waals surface area contributed by atoms with Crippen LogP contribution in [0.5, 0.6) is 11.5 Å². The number of guanidine groups is 1. The number of nitrogens with two attached hydrogens (primary N) is 1. The third-order valence-electron chi connectivity index (χ3n) is 4.47. The summed E-state index contributed by atoms with van der Waals surface area (Å²) in [6.45, 7) is 5.31. The number of aldehydes is 1. The molecule has 1 heterocycles. The Labute approximate surface area is 187 Å². The standard InChI is InChI=1S/C22H31N5O5/c1-3-30-18-9-7-15(12-19(18)31-4-2)21-27-17(14-32-21)8-10-20(29)26-16(13-28)6-5-11-25-22(23)24/h7,9,12-14,16H,3-6,8,10-11H2,1-2H3,(H,26,29)(H4,23,24,25)/t16-/m0/s1.